The summed E-state index contributed by atoms with van der Waals surface area (Å²) in [7, 11) is 0. The van der Waals surface area contributed by atoms with Crippen LogP contribution < -0.4 is 4.74 Å². The van der Waals surface area contributed by atoms with Gasteiger partial charge < -0.3 is 9.84 Å². The molecule has 0 saturated heterocycles. The molecule has 3 heteroatoms. The number of aromatic carboxylic acids is 1. The van der Waals surface area contributed by atoms with Gasteiger partial charge in [0.15, 0.2) is 0 Å². The van der Waals surface area contributed by atoms with Crippen molar-refractivity contribution in [3.8, 4) is 16.9 Å². The molecule has 0 spiro atoms. The minimum absolute atomic E-state index is 0.339. The maximum atomic E-state index is 11.3. The van der Waals surface area contributed by atoms with Crippen LogP contribution in [-0.4, -0.2) is 17.7 Å². The van der Waals surface area contributed by atoms with Crippen LogP contribution in [0.25, 0.3) is 28.0 Å². The van der Waals surface area contributed by atoms with Crippen molar-refractivity contribution in [2.24, 2.45) is 0 Å². The summed E-state index contributed by atoms with van der Waals surface area (Å²) in [6.45, 7) is 0.589. The van der Waals surface area contributed by atoms with Crippen molar-refractivity contribution >= 4 is 22.8 Å². The molecular weight excluding hydrogens is 300 g/mol. The standard InChI is InChI=1S/C21H14O3/c22-21(23)12-7-8-14-13(10-12)11-18-17-6-3-9-24-20(17)16-5-2-1-4-15(16)19(14)18/h1-8,10H,9,11H2,(H,22,23). The van der Waals surface area contributed by atoms with Crippen molar-refractivity contribution in [2.75, 3.05) is 6.61 Å². The average molecular weight is 314 g/mol. The normalized spacial score (nSPS) is 14.0. The lowest BCUT2D eigenvalue weighted by molar-refractivity contribution is 0.0697. The number of rotatable bonds is 1. The summed E-state index contributed by atoms with van der Waals surface area (Å²) in [6.07, 6.45) is 4.91. The zero-order chi connectivity index (χ0) is 16.3. The highest BCUT2D eigenvalue weighted by atomic mass is 16.5. The molecule has 2 aliphatic rings. The van der Waals surface area contributed by atoms with Gasteiger partial charge in [0.1, 0.15) is 12.4 Å². The Bertz CT molecular complexity index is 1060. The van der Waals surface area contributed by atoms with E-state index in [1.807, 2.05) is 24.3 Å². The van der Waals surface area contributed by atoms with Crippen molar-refractivity contribution in [3.05, 3.63) is 70.8 Å². The molecule has 0 saturated carbocycles. The fourth-order valence-corrected chi connectivity index (χ4v) is 3.91. The maximum absolute atomic E-state index is 11.3. The van der Waals surface area contributed by atoms with Crippen LogP contribution >= 0.6 is 0 Å². The van der Waals surface area contributed by atoms with E-state index < -0.39 is 5.97 Å². The zero-order valence-corrected chi connectivity index (χ0v) is 12.9. The van der Waals surface area contributed by atoms with Crippen molar-refractivity contribution in [3.63, 3.8) is 0 Å². The minimum Gasteiger partial charge on any atom is -0.488 e. The van der Waals surface area contributed by atoms with Crippen LogP contribution in [0.4, 0.5) is 0 Å². The van der Waals surface area contributed by atoms with Crippen LogP contribution in [0.1, 0.15) is 27.0 Å². The Labute approximate surface area is 138 Å². The number of carbonyl (C=O) groups is 1. The van der Waals surface area contributed by atoms with E-state index in [4.69, 9.17) is 4.74 Å². The van der Waals surface area contributed by atoms with Crippen molar-refractivity contribution in [2.45, 2.75) is 6.42 Å². The second-order valence-corrected chi connectivity index (χ2v) is 6.21. The molecule has 3 nitrogen and oxygen atoms in total. The first-order valence-corrected chi connectivity index (χ1v) is 7.97. The Kier molecular flexibility index (Phi) is 2.63. The van der Waals surface area contributed by atoms with Crippen LogP contribution in [0.3, 0.4) is 0 Å². The lowest BCUT2D eigenvalue weighted by atomic mass is 9.92. The number of benzene rings is 3. The third-order valence-corrected chi connectivity index (χ3v) is 4.91. The monoisotopic (exact) mass is 314 g/mol. The van der Waals surface area contributed by atoms with Gasteiger partial charge in [-0.3, -0.25) is 0 Å². The quantitative estimate of drug-likeness (QED) is 0.562. The van der Waals surface area contributed by atoms with Gasteiger partial charge in [-0.2, -0.15) is 0 Å². The molecule has 0 unspecified atom stereocenters. The molecule has 1 aliphatic heterocycles. The van der Waals surface area contributed by atoms with E-state index in [0.29, 0.717) is 12.2 Å². The Hall–Kier alpha value is -3.07. The first-order valence-electron chi connectivity index (χ1n) is 7.97. The van der Waals surface area contributed by atoms with Crippen LogP contribution in [0, 0.1) is 0 Å². The fourth-order valence-electron chi connectivity index (χ4n) is 3.91. The highest BCUT2D eigenvalue weighted by molar-refractivity contribution is 6.07. The van der Waals surface area contributed by atoms with E-state index in [-0.39, 0.29) is 0 Å². The Morgan fingerprint density at radius 1 is 1.08 bits per heavy atom. The van der Waals surface area contributed by atoms with E-state index in [0.717, 1.165) is 34.2 Å². The van der Waals surface area contributed by atoms with Gasteiger partial charge in [0.05, 0.1) is 5.56 Å². The number of hydrogen-bond acceptors (Lipinski definition) is 2. The van der Waals surface area contributed by atoms with E-state index >= 15 is 0 Å². The topological polar surface area (TPSA) is 46.5 Å². The van der Waals surface area contributed by atoms with E-state index in [1.165, 1.54) is 16.5 Å². The smallest absolute Gasteiger partial charge is 0.335 e. The first kappa shape index (κ1) is 13.4. The number of fused-ring (bicyclic) bond motifs is 8. The van der Waals surface area contributed by atoms with E-state index in [2.05, 4.69) is 18.2 Å². The molecule has 3 aromatic carbocycles. The van der Waals surface area contributed by atoms with Crippen molar-refractivity contribution < 1.29 is 14.6 Å². The number of ether oxygens (including phenoxy) is 1. The highest BCUT2D eigenvalue weighted by Crippen LogP contribution is 2.48. The maximum Gasteiger partial charge on any atom is 0.335 e. The second-order valence-electron chi connectivity index (χ2n) is 6.21. The summed E-state index contributed by atoms with van der Waals surface area (Å²) in [5, 5.41) is 11.6. The van der Waals surface area contributed by atoms with Crippen LogP contribution in [0.2, 0.25) is 0 Å². The van der Waals surface area contributed by atoms with E-state index in [1.54, 1.807) is 12.1 Å². The third-order valence-electron chi connectivity index (χ3n) is 4.91. The van der Waals surface area contributed by atoms with Gasteiger partial charge in [-0.25, -0.2) is 4.79 Å². The molecule has 0 bridgehead atoms. The molecule has 0 aromatic heterocycles. The number of carboxylic acids is 1. The number of carboxylic acid groups (broad SMARTS) is 1. The Balaban J connectivity index is 1.88. The Morgan fingerprint density at radius 2 is 1.92 bits per heavy atom. The lowest BCUT2D eigenvalue weighted by Crippen LogP contribution is -2.04. The minimum atomic E-state index is -0.885. The van der Waals surface area contributed by atoms with Crippen molar-refractivity contribution in [1.29, 1.82) is 0 Å². The largest absolute Gasteiger partial charge is 0.488 e. The second kappa shape index (κ2) is 4.71. The van der Waals surface area contributed by atoms with E-state index in [9.17, 15) is 9.90 Å². The molecule has 1 aliphatic carbocycles. The van der Waals surface area contributed by atoms with Crippen molar-refractivity contribution in [1.82, 2.24) is 0 Å². The molecule has 1 N–H and O–H groups in total. The van der Waals surface area contributed by atoms with Crippen LogP contribution in [-0.2, 0) is 6.42 Å². The molecular formula is C21H14O3. The molecule has 0 fully saturated rings. The van der Waals surface area contributed by atoms with Gasteiger partial charge in [0.25, 0.3) is 0 Å². The van der Waals surface area contributed by atoms with Gasteiger partial charge in [0.2, 0.25) is 0 Å². The molecule has 5 rings (SSSR count). The first-order chi connectivity index (χ1) is 11.7. The van der Waals surface area contributed by atoms with Crippen LogP contribution in [0.15, 0.2) is 48.5 Å². The zero-order valence-electron chi connectivity index (χ0n) is 12.9. The van der Waals surface area contributed by atoms with Gasteiger partial charge in [-0.15, -0.1) is 0 Å². The molecule has 0 amide bonds. The molecule has 116 valence electrons. The van der Waals surface area contributed by atoms with Gasteiger partial charge in [-0.1, -0.05) is 36.4 Å². The van der Waals surface area contributed by atoms with Gasteiger partial charge in [-0.05, 0) is 52.3 Å². The number of hydrogen-bond donors (Lipinski definition) is 1. The van der Waals surface area contributed by atoms with Gasteiger partial charge in [0, 0.05) is 10.9 Å². The fraction of sp³-hybridized carbons (Fsp3) is 0.0952. The summed E-state index contributed by atoms with van der Waals surface area (Å²) in [4.78, 5) is 11.3. The molecule has 0 atom stereocenters. The predicted molar refractivity (Wildman–Crippen MR) is 93.7 cm³/mol. The molecule has 1 heterocycles. The third kappa shape index (κ3) is 1.69. The average Bonchev–Trinajstić information content (AvgIpc) is 3.01. The highest BCUT2D eigenvalue weighted by Gasteiger charge is 2.28. The van der Waals surface area contributed by atoms with Crippen LogP contribution in [0.5, 0.6) is 5.75 Å². The summed E-state index contributed by atoms with van der Waals surface area (Å²) >= 11 is 0. The van der Waals surface area contributed by atoms with Gasteiger partial charge >= 0.3 is 5.97 Å². The summed E-state index contributed by atoms with van der Waals surface area (Å²) < 4.78 is 5.94. The summed E-state index contributed by atoms with van der Waals surface area (Å²) in [6, 6.07) is 13.7. The molecule has 24 heavy (non-hydrogen) atoms. The molecule has 0 radical (unpaired) electrons. The lowest BCUT2D eigenvalue weighted by Gasteiger charge is -2.19. The predicted octanol–water partition coefficient (Wildman–Crippen LogP) is 4.51. The summed E-state index contributed by atoms with van der Waals surface area (Å²) in [5.41, 5.74) is 6.12. The SMILES string of the molecule is O=C(O)c1ccc2c(c1)Cc1c3c(c4ccccc4c1-2)OCC=C3. The summed E-state index contributed by atoms with van der Waals surface area (Å²) in [5.74, 6) is 0.0574. The molecule has 3 aromatic rings. The Morgan fingerprint density at radius 3 is 2.75 bits per heavy atom.